The van der Waals surface area contributed by atoms with Crippen molar-refractivity contribution in [3.8, 4) is 33.9 Å². The van der Waals surface area contributed by atoms with Crippen LogP contribution in [-0.2, 0) is 4.79 Å². The van der Waals surface area contributed by atoms with E-state index in [-0.39, 0.29) is 17.1 Å². The van der Waals surface area contributed by atoms with Crippen LogP contribution in [0.4, 0.5) is 10.1 Å². The summed E-state index contributed by atoms with van der Waals surface area (Å²) in [6.45, 7) is 6.05. The van der Waals surface area contributed by atoms with Crippen LogP contribution < -0.4 is 5.32 Å². The molecule has 0 atom stereocenters. The van der Waals surface area contributed by atoms with Gasteiger partial charge in [0, 0.05) is 29.9 Å². The smallest absolute Gasteiger partial charge is 0.224 e. The Morgan fingerprint density at radius 1 is 1.03 bits per heavy atom. The number of carbonyl (C=O) groups excluding carboxylic acids is 1. The van der Waals surface area contributed by atoms with Crippen molar-refractivity contribution in [3.05, 3.63) is 72.9 Å². The summed E-state index contributed by atoms with van der Waals surface area (Å²) in [6, 6.07) is 13.8. The van der Waals surface area contributed by atoms with E-state index in [1.54, 1.807) is 24.7 Å². The molecule has 0 fully saturated rings. The molecule has 0 bridgehead atoms. The molecule has 1 aromatic carbocycles. The molecule has 6 aromatic rings. The molecule has 0 saturated carbocycles. The summed E-state index contributed by atoms with van der Waals surface area (Å²) in [5.41, 5.74) is 6.42. The van der Waals surface area contributed by atoms with Gasteiger partial charge in [0.1, 0.15) is 11.3 Å². The number of H-pyrrole nitrogens is 2. The highest BCUT2D eigenvalue weighted by atomic mass is 19.1. The zero-order chi connectivity index (χ0) is 27.1. The topological polar surface area (TPSA) is 125 Å². The Hall–Kier alpha value is -4.99. The lowest BCUT2D eigenvalue weighted by Gasteiger charge is -2.17. The molecule has 5 heterocycles. The molecule has 6 rings (SSSR count). The Bertz CT molecular complexity index is 1850. The third-order valence-electron chi connectivity index (χ3n) is 6.17. The van der Waals surface area contributed by atoms with Crippen LogP contribution in [0.1, 0.15) is 27.2 Å². The van der Waals surface area contributed by atoms with Crippen LogP contribution in [0.25, 0.3) is 56.1 Å². The van der Waals surface area contributed by atoms with Gasteiger partial charge in [-0.2, -0.15) is 5.10 Å². The van der Waals surface area contributed by atoms with Crippen LogP contribution in [0.3, 0.4) is 0 Å². The number of anilines is 1. The van der Waals surface area contributed by atoms with Crippen molar-refractivity contribution in [2.45, 2.75) is 27.2 Å². The van der Waals surface area contributed by atoms with Gasteiger partial charge in [-0.25, -0.2) is 19.3 Å². The summed E-state index contributed by atoms with van der Waals surface area (Å²) in [7, 11) is 0. The predicted molar refractivity (Wildman–Crippen MR) is 148 cm³/mol. The number of carbonyl (C=O) groups is 1. The van der Waals surface area contributed by atoms with Gasteiger partial charge >= 0.3 is 0 Å². The zero-order valence-electron chi connectivity index (χ0n) is 21.6. The lowest BCUT2D eigenvalue weighted by Crippen LogP contribution is -2.19. The number of fused-ring (bicyclic) bond motifs is 2. The average molecular weight is 521 g/mol. The molecule has 39 heavy (non-hydrogen) atoms. The summed E-state index contributed by atoms with van der Waals surface area (Å²) in [6.07, 6.45) is 5.35. The van der Waals surface area contributed by atoms with Crippen LogP contribution >= 0.6 is 0 Å². The monoisotopic (exact) mass is 520 g/mol. The highest BCUT2D eigenvalue weighted by Crippen LogP contribution is 2.31. The molecule has 10 heteroatoms. The predicted octanol–water partition coefficient (Wildman–Crippen LogP) is 6.14. The molecule has 5 aromatic heterocycles. The SMILES string of the molecule is CC(C)(C)CC(=O)Nc1cncc(-c2ccc3[nH]nc(-c4nc5nccc(-c6cccc(F)c6)c5[nH]4)c3n2)c1. The molecule has 3 N–H and O–H groups in total. The molecule has 0 aliphatic carbocycles. The molecule has 0 aliphatic heterocycles. The number of amides is 1. The van der Waals surface area contributed by atoms with Crippen molar-refractivity contribution in [2.24, 2.45) is 5.41 Å². The Kier molecular flexibility index (Phi) is 5.86. The van der Waals surface area contributed by atoms with Gasteiger partial charge < -0.3 is 10.3 Å². The van der Waals surface area contributed by atoms with E-state index in [1.807, 2.05) is 51.1 Å². The summed E-state index contributed by atoms with van der Waals surface area (Å²) >= 11 is 0. The van der Waals surface area contributed by atoms with Gasteiger partial charge in [0.05, 0.1) is 28.6 Å². The van der Waals surface area contributed by atoms with E-state index in [4.69, 9.17) is 4.98 Å². The lowest BCUT2D eigenvalue weighted by atomic mass is 9.92. The minimum Gasteiger partial charge on any atom is -0.335 e. The lowest BCUT2D eigenvalue weighted by molar-refractivity contribution is -0.117. The zero-order valence-corrected chi connectivity index (χ0v) is 21.6. The minimum absolute atomic E-state index is 0.0712. The molecule has 0 spiro atoms. The van der Waals surface area contributed by atoms with E-state index in [1.165, 1.54) is 12.1 Å². The quantitative estimate of drug-likeness (QED) is 0.251. The third kappa shape index (κ3) is 4.96. The van der Waals surface area contributed by atoms with E-state index in [9.17, 15) is 9.18 Å². The van der Waals surface area contributed by atoms with Gasteiger partial charge in [0.15, 0.2) is 17.2 Å². The van der Waals surface area contributed by atoms with Crippen molar-refractivity contribution in [1.82, 2.24) is 35.1 Å². The van der Waals surface area contributed by atoms with E-state index in [0.717, 1.165) is 16.6 Å². The molecule has 1 amide bonds. The van der Waals surface area contributed by atoms with E-state index >= 15 is 0 Å². The van der Waals surface area contributed by atoms with Gasteiger partial charge in [0.2, 0.25) is 5.91 Å². The van der Waals surface area contributed by atoms with E-state index in [2.05, 4.69) is 35.5 Å². The first-order chi connectivity index (χ1) is 18.7. The molecule has 9 nitrogen and oxygen atoms in total. The van der Waals surface area contributed by atoms with Crippen molar-refractivity contribution < 1.29 is 9.18 Å². The van der Waals surface area contributed by atoms with Crippen LogP contribution in [0.15, 0.2) is 67.1 Å². The number of nitrogens with zero attached hydrogens (tertiary/aromatic N) is 5. The van der Waals surface area contributed by atoms with Crippen LogP contribution in [0.2, 0.25) is 0 Å². The van der Waals surface area contributed by atoms with Crippen LogP contribution in [0, 0.1) is 11.2 Å². The molecule has 0 saturated heterocycles. The Morgan fingerprint density at radius 3 is 2.72 bits per heavy atom. The number of nitrogens with one attached hydrogen (secondary N) is 3. The second-order valence-electron chi connectivity index (χ2n) is 10.6. The third-order valence-corrected chi connectivity index (χ3v) is 6.17. The number of hydrogen-bond donors (Lipinski definition) is 3. The first-order valence-electron chi connectivity index (χ1n) is 12.4. The van der Waals surface area contributed by atoms with Crippen molar-refractivity contribution in [1.29, 1.82) is 0 Å². The summed E-state index contributed by atoms with van der Waals surface area (Å²) < 4.78 is 13.9. The maximum absolute atomic E-state index is 13.9. The summed E-state index contributed by atoms with van der Waals surface area (Å²) in [5, 5.41) is 10.4. The number of benzene rings is 1. The number of imidazole rings is 1. The number of hydrogen-bond acceptors (Lipinski definition) is 6. The molecule has 0 radical (unpaired) electrons. The fourth-order valence-corrected chi connectivity index (χ4v) is 4.48. The number of rotatable bonds is 5. The summed E-state index contributed by atoms with van der Waals surface area (Å²) in [5.74, 6) is 0.0937. The number of aromatic amines is 2. The normalized spacial score (nSPS) is 11.8. The Balaban J connectivity index is 1.37. The average Bonchev–Trinajstić information content (AvgIpc) is 3.51. The maximum Gasteiger partial charge on any atom is 0.224 e. The van der Waals surface area contributed by atoms with E-state index < -0.39 is 0 Å². The standard InChI is InChI=1S/C29H25FN8O/c1-29(2,3)13-23(39)33-19-12-17(14-31-15-19)21-7-8-22-25(34-21)26(38-37-22)28-35-24-20(9-10-32-27(24)36-28)16-5-4-6-18(30)11-16/h4-12,14-15H,13H2,1-3H3,(H,33,39)(H,37,38)(H,32,35,36). The second-order valence-corrected chi connectivity index (χ2v) is 10.6. The number of aromatic nitrogens is 7. The molecule has 0 unspecified atom stereocenters. The molecule has 0 aliphatic rings. The van der Waals surface area contributed by atoms with Crippen molar-refractivity contribution >= 4 is 33.8 Å². The molecule has 194 valence electrons. The van der Waals surface area contributed by atoms with Crippen LogP contribution in [0.5, 0.6) is 0 Å². The highest BCUT2D eigenvalue weighted by molar-refractivity contribution is 5.95. The number of pyridine rings is 3. The van der Waals surface area contributed by atoms with Gasteiger partial charge in [-0.1, -0.05) is 32.9 Å². The fourth-order valence-electron chi connectivity index (χ4n) is 4.48. The first-order valence-corrected chi connectivity index (χ1v) is 12.4. The largest absolute Gasteiger partial charge is 0.335 e. The van der Waals surface area contributed by atoms with Gasteiger partial charge in [-0.15, -0.1) is 0 Å². The molecular formula is C29H25FN8O. The van der Waals surface area contributed by atoms with Crippen molar-refractivity contribution in [2.75, 3.05) is 5.32 Å². The van der Waals surface area contributed by atoms with Crippen LogP contribution in [-0.4, -0.2) is 41.0 Å². The van der Waals surface area contributed by atoms with E-state index in [0.29, 0.717) is 51.6 Å². The highest BCUT2D eigenvalue weighted by Gasteiger charge is 2.19. The van der Waals surface area contributed by atoms with Gasteiger partial charge in [-0.3, -0.25) is 14.9 Å². The number of halogens is 1. The van der Waals surface area contributed by atoms with Gasteiger partial charge in [-0.05, 0) is 47.4 Å². The van der Waals surface area contributed by atoms with Crippen molar-refractivity contribution in [3.63, 3.8) is 0 Å². The Morgan fingerprint density at radius 2 is 1.90 bits per heavy atom. The minimum atomic E-state index is -0.320. The first kappa shape index (κ1) is 24.4. The maximum atomic E-state index is 13.9. The second kappa shape index (κ2) is 9.39. The molecular weight excluding hydrogens is 495 g/mol. The van der Waals surface area contributed by atoms with Gasteiger partial charge in [0.25, 0.3) is 0 Å². The summed E-state index contributed by atoms with van der Waals surface area (Å²) in [4.78, 5) is 33.9. The Labute approximate surface area is 223 Å². The fraction of sp³-hybridized carbons (Fsp3) is 0.172.